The molecule has 5 aromatic carbocycles. The van der Waals surface area contributed by atoms with Crippen molar-refractivity contribution < 1.29 is 40.8 Å². The van der Waals surface area contributed by atoms with Crippen LogP contribution in [0.15, 0.2) is 121 Å². The Morgan fingerprint density at radius 3 is 1.14 bits per heavy atom. The van der Waals surface area contributed by atoms with E-state index in [-0.39, 0.29) is 54.7 Å². The predicted molar refractivity (Wildman–Crippen MR) is 372 cm³/mol. The number of nitriles is 1. The summed E-state index contributed by atoms with van der Waals surface area (Å²) in [5.74, 6) is 2.97. The Morgan fingerprint density at radius 2 is 0.796 bits per heavy atom. The third-order valence-electron chi connectivity index (χ3n) is 21.9. The van der Waals surface area contributed by atoms with Gasteiger partial charge in [-0.3, -0.25) is 4.79 Å². The molecule has 17 heteroatoms. The molecule has 15 atom stereocenters. The quantitative estimate of drug-likeness (QED) is 0.0733. The molecule has 93 heavy (non-hydrogen) atoms. The molecule has 13 nitrogen and oxygen atoms in total. The number of phenols is 2. The molecule has 0 radical (unpaired) electrons. The zero-order valence-corrected chi connectivity index (χ0v) is 52.1. The van der Waals surface area contributed by atoms with Gasteiger partial charge in [0.2, 0.25) is 5.91 Å². The molecule has 10 fully saturated rings. The van der Waals surface area contributed by atoms with Gasteiger partial charge in [-0.2, -0.15) is 26.9 Å². The average molecular weight is 1310 g/mol. The van der Waals surface area contributed by atoms with E-state index >= 15 is 0 Å². The Labute approximate surface area is 556 Å². The fourth-order valence-corrected chi connectivity index (χ4v) is 17.5. The average Bonchev–Trinajstić information content (AvgIpc) is 1.88. The van der Waals surface area contributed by atoms with Gasteiger partial charge in [-0.15, -0.1) is 0 Å². The van der Waals surface area contributed by atoms with Crippen LogP contribution in [0.1, 0.15) is 239 Å². The molecule has 10 aliphatic rings. The first-order chi connectivity index (χ1) is 42.2. The molecule has 0 spiro atoms. The molecule has 5 unspecified atom stereocenters. The van der Waals surface area contributed by atoms with Gasteiger partial charge in [0.15, 0.2) is 0 Å². The highest BCUT2D eigenvalue weighted by molar-refractivity contribution is 7.88. The minimum absolute atomic E-state index is 0. The van der Waals surface area contributed by atoms with E-state index in [9.17, 15) is 36.6 Å². The lowest BCUT2D eigenvalue weighted by molar-refractivity contribution is -0.0500. The number of nitrogens with zero attached hydrogens (tertiary/aromatic N) is 4. The second-order valence-corrected chi connectivity index (χ2v) is 28.8. The zero-order valence-electron chi connectivity index (χ0n) is 51.3. The van der Waals surface area contributed by atoms with Crippen molar-refractivity contribution in [2.45, 2.75) is 261 Å². The minimum Gasteiger partial charge on any atom is -0.508 e. The highest BCUT2D eigenvalue weighted by atomic mass is 32.2. The van der Waals surface area contributed by atoms with E-state index in [1.165, 1.54) is 143 Å². The summed E-state index contributed by atoms with van der Waals surface area (Å²) in [4.78, 5) is 18.7. The first-order valence-electron chi connectivity index (χ1n) is 32.5. The van der Waals surface area contributed by atoms with Crippen LogP contribution in [-0.2, 0) is 10.1 Å². The van der Waals surface area contributed by atoms with Gasteiger partial charge in [-0.1, -0.05) is 97.8 Å². The summed E-state index contributed by atoms with van der Waals surface area (Å²) in [5, 5.41) is 35.2. The Morgan fingerprint density at radius 1 is 0.484 bits per heavy atom. The molecule has 5 aromatic rings. The van der Waals surface area contributed by atoms with E-state index in [4.69, 9.17) is 11.0 Å². The number of halogens is 3. The molecule has 6 N–H and O–H groups in total. The number of hydrogen-bond donors (Lipinski definition) is 5. The predicted octanol–water partition coefficient (Wildman–Crippen LogP) is 16.2. The lowest BCUT2D eigenvalue weighted by Crippen LogP contribution is -2.39. The topological polar surface area (TPSA) is 184 Å². The number of amides is 1. The maximum Gasteiger partial charge on any atom is 0.534 e. The van der Waals surface area contributed by atoms with Gasteiger partial charge < -0.3 is 45.5 Å². The second kappa shape index (κ2) is 33.1. The fourth-order valence-electron chi connectivity index (χ4n) is 17.1. The number of alkyl halides is 3. The first-order valence-corrected chi connectivity index (χ1v) is 33.9. The summed E-state index contributed by atoms with van der Waals surface area (Å²) in [6.45, 7) is 0. The summed E-state index contributed by atoms with van der Waals surface area (Å²) in [6, 6.07) is 46.7. The van der Waals surface area contributed by atoms with Crippen molar-refractivity contribution in [3.8, 4) is 23.3 Å². The molecule has 10 saturated heterocycles. The summed E-state index contributed by atoms with van der Waals surface area (Å²) < 4.78 is 63.7. The van der Waals surface area contributed by atoms with Crippen LogP contribution in [0.25, 0.3) is 0 Å². The Hall–Kier alpha value is -6.00. The fraction of sp³-hybridized carbons (Fsp3) is 0.579. The lowest BCUT2D eigenvalue weighted by atomic mass is 9.85. The lowest BCUT2D eigenvalue weighted by Gasteiger charge is -2.36. The first kappa shape index (κ1) is 76.0. The number of primary amides is 1. The normalized spacial score (nSPS) is 30.2. The molecule has 512 valence electrons. The van der Waals surface area contributed by atoms with Crippen LogP contribution in [0.2, 0.25) is 0 Å². The highest BCUT2D eigenvalue weighted by Crippen LogP contribution is 2.46. The summed E-state index contributed by atoms with van der Waals surface area (Å²) >= 11 is 0. The van der Waals surface area contributed by atoms with Crippen molar-refractivity contribution in [3.63, 3.8) is 0 Å². The van der Waals surface area contributed by atoms with Crippen LogP contribution < -0.4 is 20.6 Å². The summed E-state index contributed by atoms with van der Waals surface area (Å²) in [5.41, 5.74) is 7.46. The van der Waals surface area contributed by atoms with Crippen LogP contribution in [0.3, 0.4) is 0 Å². The largest absolute Gasteiger partial charge is 0.534 e. The number of carbonyl (C=O) groups is 1. The summed E-state index contributed by atoms with van der Waals surface area (Å²) in [6.07, 6.45) is 24.7. The van der Waals surface area contributed by atoms with Crippen LogP contribution in [-0.4, -0.2) is 126 Å². The van der Waals surface area contributed by atoms with E-state index in [2.05, 4.69) is 87.1 Å². The monoisotopic (exact) mass is 1310 g/mol. The number of carbonyl (C=O) groups excluding carboxylic acids is 1. The van der Waals surface area contributed by atoms with E-state index in [0.717, 1.165) is 73.1 Å². The van der Waals surface area contributed by atoms with Crippen LogP contribution in [0.5, 0.6) is 17.2 Å². The van der Waals surface area contributed by atoms with Crippen molar-refractivity contribution in [2.24, 2.45) is 5.73 Å². The molecule has 0 saturated carbocycles. The van der Waals surface area contributed by atoms with Gasteiger partial charge in [0, 0.05) is 66.0 Å². The number of phenolic OH excluding ortho intramolecular Hbond substituents is 2. The molecule has 1 amide bonds. The zero-order chi connectivity index (χ0) is 61.9. The Kier molecular flexibility index (Phi) is 27.1. The highest BCUT2D eigenvalue weighted by Gasteiger charge is 2.49. The van der Waals surface area contributed by atoms with E-state index in [1.807, 2.05) is 54.6 Å². The number of hydrogen-bond acceptors (Lipinski definition) is 12. The van der Waals surface area contributed by atoms with Gasteiger partial charge in [-0.25, -0.2) is 0 Å². The van der Waals surface area contributed by atoms with Gasteiger partial charge >= 0.3 is 15.6 Å². The maximum atomic E-state index is 12.4. The smallest absolute Gasteiger partial charge is 0.508 e. The van der Waals surface area contributed by atoms with E-state index < -0.39 is 15.6 Å². The van der Waals surface area contributed by atoms with Crippen LogP contribution in [0.4, 0.5) is 13.2 Å². The number of fused-ring (bicyclic) bond motifs is 10. The molecule has 10 heterocycles. The molecule has 15 rings (SSSR count). The van der Waals surface area contributed by atoms with Crippen molar-refractivity contribution in [3.05, 3.63) is 160 Å². The Balaban J connectivity index is 0.000000183. The number of benzene rings is 5. The Bertz CT molecular complexity index is 3300. The third-order valence-corrected chi connectivity index (χ3v) is 22.9. The van der Waals surface area contributed by atoms with Crippen LogP contribution >= 0.6 is 0 Å². The summed E-state index contributed by atoms with van der Waals surface area (Å²) in [7, 11) is 1.01. The maximum absolute atomic E-state index is 12.4. The van der Waals surface area contributed by atoms with E-state index in [0.29, 0.717) is 64.9 Å². The van der Waals surface area contributed by atoms with Crippen molar-refractivity contribution in [2.75, 3.05) is 21.1 Å². The van der Waals surface area contributed by atoms with Gasteiger partial charge in [0.05, 0.1) is 11.6 Å². The molecular formula is C76H110F3N7O6S. The van der Waals surface area contributed by atoms with E-state index in [1.54, 1.807) is 18.2 Å². The molecule has 0 aromatic heterocycles. The number of nitrogens with one attached hydrogen (secondary N) is 2. The van der Waals surface area contributed by atoms with Crippen molar-refractivity contribution in [1.29, 1.82) is 5.26 Å². The molecular weight excluding hydrogens is 1200 g/mol. The SMILES string of the molecule is C.C.C.C.C.CN1[C@@H]2CC[C@H]1CC(c1cccc(C#N)c1)C2.CN1[C@@H]2CC[C@H]1CC(c1cccc(O)c1)C2.CN1[C@@H]2CC[C@H]1CC(c1cccc(OS(=O)(=O)C(F)(F)F)c1)C2.NC(=O)c1cccc(C2C[C@H]3CC[C@@H](C2)N3)c1.Oc1cccc(C2C[C@H]3CC[C@@H](C2)N3)c1. The molecule has 10 aliphatic heterocycles. The standard InChI is InChI=1S/C15H18F3NO3S.C15H18N2.C14H18N2O.C14H19NO.C13H17NO.5CH4/c1-19-12-5-6-13(19)8-11(7-12)10-3-2-4-14(9-10)22-23(20,21)15(16,17)18;1-17-14-5-6-15(17)9-13(8-14)12-4-2-3-11(7-12)10-16;15-14(17)10-3-1-2-9(6-10)11-7-12-4-5-13(8-11)16-12;1-15-12-5-6-13(15)8-11(7-12)10-3-2-4-14(16)9-10;15-13-3-1-2-9(8-13)10-6-11-4-5-12(7-10)14-11;;;;;/h2-4,9,11-13H,5-8H2,1H3;2-4,7,13-15H,5-6,8-9H2,1H3;1-3,6,11-13,16H,4-5,7-8H2,(H2,15,17);2-4,9,11-13,16H,5-8H2,1H3;1-3,8,10-12,14-15H,4-7H2;5*1H4/t11?,12-,13+;13?,14-,15+;2*11?,12-,13+;10?,11-,12+;;;;;. The number of piperidine rings is 5. The molecule has 10 bridgehead atoms. The number of nitrogens with two attached hydrogens (primary N) is 1. The van der Waals surface area contributed by atoms with Gasteiger partial charge in [-0.05, 0) is 268 Å². The number of rotatable bonds is 8. The van der Waals surface area contributed by atoms with Gasteiger partial charge in [0.1, 0.15) is 17.2 Å². The van der Waals surface area contributed by atoms with Crippen LogP contribution in [0, 0.1) is 11.3 Å². The number of aromatic hydroxyl groups is 2. The molecule has 0 aliphatic carbocycles. The second-order valence-electron chi connectivity index (χ2n) is 27.2. The van der Waals surface area contributed by atoms with Crippen molar-refractivity contribution in [1.82, 2.24) is 25.3 Å². The van der Waals surface area contributed by atoms with Gasteiger partial charge in [0.25, 0.3) is 0 Å². The minimum atomic E-state index is -5.62. The van der Waals surface area contributed by atoms with Crippen molar-refractivity contribution >= 4 is 16.0 Å². The third kappa shape index (κ3) is 18.5.